The Labute approximate surface area is 236 Å². The van der Waals surface area contributed by atoms with Crippen LogP contribution in [-0.2, 0) is 37.5 Å². The highest BCUT2D eigenvalue weighted by Gasteiger charge is 2.30. The lowest BCUT2D eigenvalue weighted by Crippen LogP contribution is -2.43. The van der Waals surface area contributed by atoms with Crippen molar-refractivity contribution in [1.29, 1.82) is 0 Å². The van der Waals surface area contributed by atoms with E-state index in [9.17, 15) is 9.59 Å². The summed E-state index contributed by atoms with van der Waals surface area (Å²) in [5.74, 6) is 0.591. The summed E-state index contributed by atoms with van der Waals surface area (Å²) in [6.45, 7) is 6.37. The zero-order valence-corrected chi connectivity index (χ0v) is 24.0. The zero-order valence-electron chi connectivity index (χ0n) is 24.0. The van der Waals surface area contributed by atoms with Gasteiger partial charge in [0.25, 0.3) is 5.91 Å². The fourth-order valence-electron chi connectivity index (χ4n) is 5.83. The Morgan fingerprint density at radius 3 is 2.48 bits per heavy atom. The number of amides is 2. The van der Waals surface area contributed by atoms with Gasteiger partial charge >= 0.3 is 0 Å². The van der Waals surface area contributed by atoms with Crippen LogP contribution in [0, 0.1) is 0 Å². The Morgan fingerprint density at radius 1 is 1.07 bits per heavy atom. The minimum Gasteiger partial charge on any atom is -0.351 e. The highest BCUT2D eigenvalue weighted by Crippen LogP contribution is 2.35. The van der Waals surface area contributed by atoms with Crippen LogP contribution < -0.4 is 16.0 Å². The van der Waals surface area contributed by atoms with Crippen molar-refractivity contribution in [2.45, 2.75) is 64.8 Å². The number of aryl methyl sites for hydroxylation is 4. The molecule has 0 atom stereocenters. The van der Waals surface area contributed by atoms with E-state index in [1.54, 1.807) is 4.68 Å². The van der Waals surface area contributed by atoms with Crippen LogP contribution in [0.2, 0.25) is 0 Å². The summed E-state index contributed by atoms with van der Waals surface area (Å²) >= 11 is 0. The molecule has 0 spiro atoms. The standard InChI is InChI=1S/C30H40N8O2/c1-5-19-8-7-9-20(6-2)25(19)34-29(40)27-23-11-10-21-18-32-30(35-26(21)28(23)37(4)36-27)33-22-13-16-38(17-14-22)24(39)12-15-31-3/h7-9,18,22,31H,5-6,10-17H2,1-4H3,(H,34,40)(H,32,33,35). The Kier molecular flexibility index (Phi) is 8.44. The maximum Gasteiger partial charge on any atom is 0.276 e. The molecule has 0 saturated carbocycles. The van der Waals surface area contributed by atoms with Gasteiger partial charge in [0.15, 0.2) is 5.69 Å². The van der Waals surface area contributed by atoms with Crippen LogP contribution >= 0.6 is 0 Å². The summed E-state index contributed by atoms with van der Waals surface area (Å²) in [5.41, 5.74) is 7.30. The van der Waals surface area contributed by atoms with Crippen molar-refractivity contribution < 1.29 is 9.59 Å². The number of hydrogen-bond acceptors (Lipinski definition) is 7. The van der Waals surface area contributed by atoms with E-state index in [4.69, 9.17) is 4.98 Å². The van der Waals surface area contributed by atoms with E-state index in [1.165, 1.54) is 0 Å². The van der Waals surface area contributed by atoms with Crippen LogP contribution in [0.15, 0.2) is 24.4 Å². The quantitative estimate of drug-likeness (QED) is 0.378. The van der Waals surface area contributed by atoms with Gasteiger partial charge in [-0.05, 0) is 62.3 Å². The maximum atomic E-state index is 13.5. The van der Waals surface area contributed by atoms with Crippen LogP contribution in [0.5, 0.6) is 0 Å². The Bertz CT molecular complexity index is 1370. The molecule has 0 unspecified atom stereocenters. The van der Waals surface area contributed by atoms with Gasteiger partial charge in [0.1, 0.15) is 0 Å². The molecule has 10 heteroatoms. The van der Waals surface area contributed by atoms with Gasteiger partial charge in [-0.15, -0.1) is 0 Å². The first-order valence-corrected chi connectivity index (χ1v) is 14.5. The molecule has 3 N–H and O–H groups in total. The average Bonchev–Trinajstić information content (AvgIpc) is 3.33. The molecular weight excluding hydrogens is 504 g/mol. The van der Waals surface area contributed by atoms with E-state index >= 15 is 0 Å². The van der Waals surface area contributed by atoms with Crippen molar-refractivity contribution >= 4 is 23.5 Å². The molecule has 0 bridgehead atoms. The zero-order chi connectivity index (χ0) is 28.2. The van der Waals surface area contributed by atoms with Crippen molar-refractivity contribution in [3.63, 3.8) is 0 Å². The predicted octanol–water partition coefficient (Wildman–Crippen LogP) is 3.37. The smallest absolute Gasteiger partial charge is 0.276 e. The predicted molar refractivity (Wildman–Crippen MR) is 157 cm³/mol. The SMILES string of the molecule is CCc1cccc(CC)c1NC(=O)c1nn(C)c2c1CCc1cnc(NC3CCN(C(=O)CCNC)CC3)nc1-2. The average molecular weight is 545 g/mol. The van der Waals surface area contributed by atoms with Gasteiger partial charge < -0.3 is 20.9 Å². The van der Waals surface area contributed by atoms with Crippen molar-refractivity contribution in [1.82, 2.24) is 30.0 Å². The van der Waals surface area contributed by atoms with Gasteiger partial charge in [-0.25, -0.2) is 9.97 Å². The van der Waals surface area contributed by atoms with Crippen molar-refractivity contribution in [2.24, 2.45) is 7.05 Å². The molecule has 2 aromatic heterocycles. The highest BCUT2D eigenvalue weighted by atomic mass is 16.2. The summed E-state index contributed by atoms with van der Waals surface area (Å²) in [5, 5.41) is 14.4. The van der Waals surface area contributed by atoms with E-state index < -0.39 is 0 Å². The number of nitrogens with one attached hydrogen (secondary N) is 3. The largest absolute Gasteiger partial charge is 0.351 e. The van der Waals surface area contributed by atoms with Crippen LogP contribution in [-0.4, -0.2) is 69.2 Å². The lowest BCUT2D eigenvalue weighted by Gasteiger charge is -2.32. The van der Waals surface area contributed by atoms with E-state index in [2.05, 4.69) is 52.0 Å². The first-order chi connectivity index (χ1) is 19.4. The van der Waals surface area contributed by atoms with Crippen LogP contribution in [0.1, 0.15) is 65.9 Å². The second kappa shape index (κ2) is 12.2. The molecule has 5 rings (SSSR count). The summed E-state index contributed by atoms with van der Waals surface area (Å²) in [7, 11) is 3.74. The van der Waals surface area contributed by atoms with Crippen molar-refractivity contribution in [3.8, 4) is 11.4 Å². The second-order valence-corrected chi connectivity index (χ2v) is 10.6. The monoisotopic (exact) mass is 544 g/mol. The Morgan fingerprint density at radius 2 is 1.80 bits per heavy atom. The number of carbonyl (C=O) groups is 2. The summed E-state index contributed by atoms with van der Waals surface area (Å²) in [6.07, 6.45) is 7.28. The van der Waals surface area contributed by atoms with Crippen molar-refractivity contribution in [2.75, 3.05) is 37.3 Å². The number of anilines is 2. The van der Waals surface area contributed by atoms with Gasteiger partial charge in [0.2, 0.25) is 11.9 Å². The lowest BCUT2D eigenvalue weighted by atomic mass is 9.93. The van der Waals surface area contributed by atoms with Gasteiger partial charge in [0, 0.05) is 56.6 Å². The molecule has 3 heterocycles. The molecule has 2 aliphatic rings. The molecule has 1 fully saturated rings. The van der Waals surface area contributed by atoms with Gasteiger partial charge in [-0.3, -0.25) is 14.3 Å². The first-order valence-electron chi connectivity index (χ1n) is 14.5. The highest BCUT2D eigenvalue weighted by molar-refractivity contribution is 6.05. The number of carbonyl (C=O) groups excluding carboxylic acids is 2. The summed E-state index contributed by atoms with van der Waals surface area (Å²) < 4.78 is 1.78. The number of aromatic nitrogens is 4. The molecular formula is C30H40N8O2. The Balaban J connectivity index is 1.33. The van der Waals surface area contributed by atoms with Gasteiger partial charge in [-0.2, -0.15) is 5.10 Å². The van der Waals surface area contributed by atoms with E-state index in [1.807, 2.05) is 31.3 Å². The van der Waals surface area contributed by atoms with Crippen LogP contribution in [0.4, 0.5) is 11.6 Å². The Hall–Kier alpha value is -3.79. The fourth-order valence-corrected chi connectivity index (χ4v) is 5.83. The van der Waals surface area contributed by atoms with Crippen LogP contribution in [0.3, 0.4) is 0 Å². The van der Waals surface area contributed by atoms with E-state index in [-0.39, 0.29) is 17.9 Å². The first kappa shape index (κ1) is 27.8. The fraction of sp³-hybridized carbons (Fsp3) is 0.500. The number of nitrogens with zero attached hydrogens (tertiary/aromatic N) is 5. The molecule has 1 aliphatic carbocycles. The number of hydrogen-bond donors (Lipinski definition) is 3. The molecule has 0 radical (unpaired) electrons. The third kappa shape index (κ3) is 5.58. The molecule has 2 amide bonds. The number of para-hydroxylation sites is 1. The molecule has 10 nitrogen and oxygen atoms in total. The summed E-state index contributed by atoms with van der Waals surface area (Å²) in [4.78, 5) is 37.4. The third-order valence-electron chi connectivity index (χ3n) is 8.10. The molecule has 212 valence electrons. The third-order valence-corrected chi connectivity index (χ3v) is 8.10. The normalized spacial score (nSPS) is 14.9. The minimum atomic E-state index is -0.181. The molecule has 1 aliphatic heterocycles. The van der Waals surface area contributed by atoms with E-state index in [0.717, 1.165) is 84.5 Å². The van der Waals surface area contributed by atoms with Gasteiger partial charge in [-0.1, -0.05) is 32.0 Å². The topological polar surface area (TPSA) is 117 Å². The van der Waals surface area contributed by atoms with Gasteiger partial charge in [0.05, 0.1) is 11.4 Å². The van der Waals surface area contributed by atoms with E-state index in [0.29, 0.717) is 31.0 Å². The lowest BCUT2D eigenvalue weighted by molar-refractivity contribution is -0.132. The van der Waals surface area contributed by atoms with Crippen LogP contribution in [0.25, 0.3) is 11.4 Å². The molecule has 40 heavy (non-hydrogen) atoms. The molecule has 1 saturated heterocycles. The molecule has 3 aromatic rings. The number of piperidine rings is 1. The minimum absolute atomic E-state index is 0.181. The van der Waals surface area contributed by atoms with Crippen molar-refractivity contribution in [3.05, 3.63) is 52.3 Å². The molecule has 1 aromatic carbocycles. The second-order valence-electron chi connectivity index (χ2n) is 10.6. The number of benzene rings is 1. The maximum absolute atomic E-state index is 13.5. The number of likely N-dealkylation sites (tertiary alicyclic amines) is 1. The number of fused-ring (bicyclic) bond motifs is 3. The summed E-state index contributed by atoms with van der Waals surface area (Å²) in [6, 6.07) is 6.38. The number of rotatable bonds is 9.